The number of hydrogen-bond donors (Lipinski definition) is 1. The molecule has 5 nitrogen and oxygen atoms in total. The highest BCUT2D eigenvalue weighted by Gasteiger charge is 2.34. The first-order valence-corrected chi connectivity index (χ1v) is 11.1. The van der Waals surface area contributed by atoms with Gasteiger partial charge in [0.05, 0.1) is 11.5 Å². The van der Waals surface area contributed by atoms with E-state index in [1.54, 1.807) is 16.4 Å². The number of benzene rings is 1. The average Bonchev–Trinajstić information content (AvgIpc) is 2.59. The number of nitrogens with zero attached hydrogens (tertiary/aromatic N) is 2. The van der Waals surface area contributed by atoms with E-state index in [2.05, 4.69) is 25.7 Å². The molecule has 1 saturated heterocycles. The molecule has 0 aliphatic carbocycles. The van der Waals surface area contributed by atoms with E-state index < -0.39 is 10.0 Å². The van der Waals surface area contributed by atoms with Gasteiger partial charge in [-0.05, 0) is 48.9 Å². The van der Waals surface area contributed by atoms with Gasteiger partial charge < -0.3 is 5.11 Å². The van der Waals surface area contributed by atoms with Gasteiger partial charge in [0.15, 0.2) is 0 Å². The van der Waals surface area contributed by atoms with Gasteiger partial charge >= 0.3 is 0 Å². The molecule has 0 bridgehead atoms. The highest BCUT2D eigenvalue weighted by atomic mass is 32.2. The fraction of sp³-hybridized carbons (Fsp3) is 0.700. The summed E-state index contributed by atoms with van der Waals surface area (Å²) in [5.41, 5.74) is 1.01. The highest BCUT2D eigenvalue weighted by Crippen LogP contribution is 2.32. The number of hydrogen-bond acceptors (Lipinski definition) is 4. The topological polar surface area (TPSA) is 60.9 Å². The lowest BCUT2D eigenvalue weighted by Gasteiger charge is -2.37. The average molecular weight is 383 g/mol. The van der Waals surface area contributed by atoms with Gasteiger partial charge in [0.2, 0.25) is 10.0 Å². The van der Waals surface area contributed by atoms with Crippen LogP contribution in [0.4, 0.5) is 0 Å². The molecule has 0 aromatic heterocycles. The van der Waals surface area contributed by atoms with Gasteiger partial charge in [-0.2, -0.15) is 4.31 Å². The molecular weight excluding hydrogens is 348 g/mol. The summed E-state index contributed by atoms with van der Waals surface area (Å²) in [6.45, 7) is 9.88. The summed E-state index contributed by atoms with van der Waals surface area (Å²) in [6.07, 6.45) is 4.14. The summed E-state index contributed by atoms with van der Waals surface area (Å²) in [5, 5.41) is 9.27. The quantitative estimate of drug-likeness (QED) is 0.713. The van der Waals surface area contributed by atoms with Gasteiger partial charge in [-0.1, -0.05) is 39.3 Å². The normalized spacial score (nSPS) is 18.3. The Labute approximate surface area is 159 Å². The molecule has 1 N–H and O–H groups in total. The number of unbranched alkanes of at least 4 members (excludes halogenated alkanes) is 1. The maximum absolute atomic E-state index is 13.1. The molecule has 6 heteroatoms. The van der Waals surface area contributed by atoms with Gasteiger partial charge in [0, 0.05) is 26.2 Å². The minimum Gasteiger partial charge on any atom is -0.395 e. The summed E-state index contributed by atoms with van der Waals surface area (Å²) in [5.74, 6) is 0. The smallest absolute Gasteiger partial charge is 0.243 e. The number of piperidine rings is 1. The van der Waals surface area contributed by atoms with Gasteiger partial charge in [0.25, 0.3) is 0 Å². The molecule has 1 aromatic rings. The third-order valence-corrected chi connectivity index (χ3v) is 6.89. The first-order valence-electron chi connectivity index (χ1n) is 9.71. The van der Waals surface area contributed by atoms with E-state index in [1.165, 1.54) is 0 Å². The van der Waals surface area contributed by atoms with Crippen molar-refractivity contribution >= 4 is 10.0 Å². The predicted molar refractivity (Wildman–Crippen MR) is 105 cm³/mol. The van der Waals surface area contributed by atoms with Crippen molar-refractivity contribution in [1.82, 2.24) is 9.21 Å². The van der Waals surface area contributed by atoms with E-state index in [0.29, 0.717) is 31.1 Å². The summed E-state index contributed by atoms with van der Waals surface area (Å²) in [6, 6.07) is 7.29. The summed E-state index contributed by atoms with van der Waals surface area (Å²) < 4.78 is 27.8. The Bertz CT molecular complexity index is 673. The van der Waals surface area contributed by atoms with Crippen molar-refractivity contribution in [2.75, 3.05) is 32.8 Å². The highest BCUT2D eigenvalue weighted by molar-refractivity contribution is 7.89. The first kappa shape index (κ1) is 21.4. The predicted octanol–water partition coefficient (Wildman–Crippen LogP) is 3.09. The molecule has 26 heavy (non-hydrogen) atoms. The molecule has 0 unspecified atom stereocenters. The molecular formula is C20H34N2O3S. The van der Waals surface area contributed by atoms with Gasteiger partial charge in [-0.15, -0.1) is 0 Å². The molecule has 1 heterocycles. The SMILES string of the molecule is CCCCN(CCO)Cc1cccc(S(=O)(=O)N2CCCC(C)(C)C2)c1. The van der Waals surface area contributed by atoms with E-state index in [9.17, 15) is 13.5 Å². The molecule has 1 fully saturated rings. The summed E-state index contributed by atoms with van der Waals surface area (Å²) in [4.78, 5) is 2.56. The zero-order chi connectivity index (χ0) is 19.2. The molecule has 0 atom stereocenters. The molecule has 1 aromatic carbocycles. The third-order valence-electron chi connectivity index (χ3n) is 5.05. The van der Waals surface area contributed by atoms with Crippen LogP contribution >= 0.6 is 0 Å². The molecule has 2 rings (SSSR count). The van der Waals surface area contributed by atoms with Crippen molar-refractivity contribution in [2.24, 2.45) is 5.41 Å². The van der Waals surface area contributed by atoms with Crippen LogP contribution in [0.25, 0.3) is 0 Å². The lowest BCUT2D eigenvalue weighted by molar-refractivity contribution is 0.186. The molecule has 0 saturated carbocycles. The number of aliphatic hydroxyl groups is 1. The number of rotatable bonds is 9. The third kappa shape index (κ3) is 5.78. The second-order valence-electron chi connectivity index (χ2n) is 8.11. The zero-order valence-corrected chi connectivity index (χ0v) is 17.3. The van der Waals surface area contributed by atoms with Crippen LogP contribution in [0.5, 0.6) is 0 Å². The van der Waals surface area contributed by atoms with Crippen molar-refractivity contribution < 1.29 is 13.5 Å². The van der Waals surface area contributed by atoms with Crippen molar-refractivity contribution in [3.63, 3.8) is 0 Å². The first-order chi connectivity index (χ1) is 12.3. The van der Waals surface area contributed by atoms with Crippen LogP contribution in [0.15, 0.2) is 29.2 Å². The van der Waals surface area contributed by atoms with Crippen LogP contribution in [0.2, 0.25) is 0 Å². The van der Waals surface area contributed by atoms with Crippen LogP contribution in [0.3, 0.4) is 0 Å². The standard InChI is InChI=1S/C20H34N2O3S/c1-4-5-11-21(13-14-23)16-18-8-6-9-19(15-18)26(24,25)22-12-7-10-20(2,3)17-22/h6,8-9,15,23H,4-5,7,10-14,16-17H2,1-3H3. The van der Waals surface area contributed by atoms with E-state index >= 15 is 0 Å². The maximum Gasteiger partial charge on any atom is 0.243 e. The zero-order valence-electron chi connectivity index (χ0n) is 16.4. The second-order valence-corrected chi connectivity index (χ2v) is 10.0. The molecule has 148 valence electrons. The Morgan fingerprint density at radius 2 is 2.04 bits per heavy atom. The van der Waals surface area contributed by atoms with Gasteiger partial charge in [0.1, 0.15) is 0 Å². The lowest BCUT2D eigenvalue weighted by atomic mass is 9.85. The Balaban J connectivity index is 2.16. The van der Waals surface area contributed by atoms with E-state index in [1.807, 2.05) is 12.1 Å². The van der Waals surface area contributed by atoms with Gasteiger partial charge in [-0.3, -0.25) is 4.90 Å². The Morgan fingerprint density at radius 1 is 1.27 bits per heavy atom. The number of sulfonamides is 1. The molecule has 0 radical (unpaired) electrons. The van der Waals surface area contributed by atoms with E-state index in [4.69, 9.17) is 0 Å². The maximum atomic E-state index is 13.1. The van der Waals surface area contributed by atoms with Crippen LogP contribution in [0, 0.1) is 5.41 Å². The number of aliphatic hydroxyl groups excluding tert-OH is 1. The minimum absolute atomic E-state index is 0.0288. The van der Waals surface area contributed by atoms with Crippen molar-refractivity contribution in [2.45, 2.75) is 57.9 Å². The molecule has 1 aliphatic heterocycles. The fourth-order valence-corrected chi connectivity index (χ4v) is 5.32. The van der Waals surface area contributed by atoms with Crippen LogP contribution < -0.4 is 0 Å². The molecule has 1 aliphatic rings. The Hall–Kier alpha value is -0.950. The summed E-state index contributed by atoms with van der Waals surface area (Å²) in [7, 11) is -3.46. The second kappa shape index (κ2) is 9.31. The summed E-state index contributed by atoms with van der Waals surface area (Å²) >= 11 is 0. The van der Waals surface area contributed by atoms with Crippen LogP contribution in [0.1, 0.15) is 52.0 Å². The lowest BCUT2D eigenvalue weighted by Crippen LogP contribution is -2.43. The molecule has 0 spiro atoms. The van der Waals surface area contributed by atoms with E-state index in [0.717, 1.165) is 37.8 Å². The Morgan fingerprint density at radius 3 is 2.69 bits per heavy atom. The van der Waals surface area contributed by atoms with Crippen molar-refractivity contribution in [3.8, 4) is 0 Å². The van der Waals surface area contributed by atoms with Gasteiger partial charge in [-0.25, -0.2) is 8.42 Å². The molecule has 0 amide bonds. The minimum atomic E-state index is -3.46. The largest absolute Gasteiger partial charge is 0.395 e. The Kier molecular flexibility index (Phi) is 7.64. The fourth-order valence-electron chi connectivity index (χ4n) is 3.58. The monoisotopic (exact) mass is 382 g/mol. The van der Waals surface area contributed by atoms with Crippen LogP contribution in [-0.4, -0.2) is 55.5 Å². The van der Waals surface area contributed by atoms with Crippen molar-refractivity contribution in [1.29, 1.82) is 0 Å². The van der Waals surface area contributed by atoms with Crippen LogP contribution in [-0.2, 0) is 16.6 Å². The van der Waals surface area contributed by atoms with Crippen molar-refractivity contribution in [3.05, 3.63) is 29.8 Å². The van der Waals surface area contributed by atoms with E-state index in [-0.39, 0.29) is 12.0 Å².